The Morgan fingerprint density at radius 2 is 2.15 bits per heavy atom. The van der Waals surface area contributed by atoms with Crippen LogP contribution in [0.4, 0.5) is 9.93 Å². The van der Waals surface area contributed by atoms with Gasteiger partial charge in [0.05, 0.1) is 6.61 Å². The third-order valence-electron chi connectivity index (χ3n) is 3.28. The molecule has 1 aromatic rings. The highest BCUT2D eigenvalue weighted by molar-refractivity contribution is 7.15. The summed E-state index contributed by atoms with van der Waals surface area (Å²) in [6.45, 7) is 7.94. The van der Waals surface area contributed by atoms with Crippen molar-refractivity contribution in [3.05, 3.63) is 5.01 Å². The average Bonchev–Trinajstić information content (AvgIpc) is 2.88. The zero-order chi connectivity index (χ0) is 14.5. The van der Waals surface area contributed by atoms with E-state index in [1.54, 1.807) is 16.2 Å². The van der Waals surface area contributed by atoms with Crippen molar-refractivity contribution in [1.82, 2.24) is 15.1 Å². The van der Waals surface area contributed by atoms with Gasteiger partial charge in [0.25, 0.3) is 0 Å². The highest BCUT2D eigenvalue weighted by atomic mass is 32.1. The Kier molecular flexibility index (Phi) is 5.17. The number of likely N-dealkylation sites (tertiary alicyclic amines) is 1. The smallest absolute Gasteiger partial charge is 0.409 e. The molecule has 1 amide bonds. The molecular formula is C13H22N4O2S. The number of ether oxygens (including phenoxy) is 1. The van der Waals surface area contributed by atoms with E-state index in [4.69, 9.17) is 4.74 Å². The lowest BCUT2D eigenvalue weighted by molar-refractivity contribution is 0.0983. The van der Waals surface area contributed by atoms with Gasteiger partial charge in [-0.1, -0.05) is 25.2 Å². The Bertz CT molecular complexity index is 441. The first kappa shape index (κ1) is 15.0. The van der Waals surface area contributed by atoms with Crippen LogP contribution in [0.3, 0.4) is 0 Å². The van der Waals surface area contributed by atoms with E-state index in [0.717, 1.165) is 36.1 Å². The van der Waals surface area contributed by atoms with Crippen LogP contribution in [-0.4, -0.2) is 46.9 Å². The molecule has 1 N–H and O–H groups in total. The number of amides is 1. The number of nitrogens with one attached hydrogen (secondary N) is 1. The van der Waals surface area contributed by atoms with Crippen molar-refractivity contribution < 1.29 is 9.53 Å². The fourth-order valence-corrected chi connectivity index (χ4v) is 2.94. The summed E-state index contributed by atoms with van der Waals surface area (Å²) in [7, 11) is 0. The van der Waals surface area contributed by atoms with Gasteiger partial charge in [-0.25, -0.2) is 4.79 Å². The Morgan fingerprint density at radius 3 is 2.70 bits per heavy atom. The minimum atomic E-state index is -0.205. The van der Waals surface area contributed by atoms with Gasteiger partial charge in [0, 0.05) is 25.0 Å². The lowest BCUT2D eigenvalue weighted by atomic mass is 10.1. The molecule has 20 heavy (non-hydrogen) atoms. The number of rotatable bonds is 4. The van der Waals surface area contributed by atoms with E-state index in [0.29, 0.717) is 18.6 Å². The molecule has 0 bridgehead atoms. The number of anilines is 1. The summed E-state index contributed by atoms with van der Waals surface area (Å²) in [5.41, 5.74) is 0. The van der Waals surface area contributed by atoms with Crippen LogP contribution in [0.2, 0.25) is 0 Å². The number of piperidine rings is 1. The molecule has 0 aromatic carbocycles. The van der Waals surface area contributed by atoms with Crippen molar-refractivity contribution in [2.75, 3.05) is 25.0 Å². The summed E-state index contributed by atoms with van der Waals surface area (Å²) < 4.78 is 5.01. The van der Waals surface area contributed by atoms with Crippen molar-refractivity contribution in [3.63, 3.8) is 0 Å². The minimum Gasteiger partial charge on any atom is -0.450 e. The SMILES string of the molecule is CCOC(=O)N1CCC(Nc2nnc(C(C)C)s2)CC1. The molecule has 0 aliphatic carbocycles. The van der Waals surface area contributed by atoms with Crippen LogP contribution in [0.1, 0.15) is 44.5 Å². The lowest BCUT2D eigenvalue weighted by Gasteiger charge is -2.31. The Labute approximate surface area is 123 Å². The van der Waals surface area contributed by atoms with Crippen molar-refractivity contribution >= 4 is 22.6 Å². The summed E-state index contributed by atoms with van der Waals surface area (Å²) >= 11 is 1.61. The van der Waals surface area contributed by atoms with Gasteiger partial charge in [-0.05, 0) is 19.8 Å². The molecule has 1 fully saturated rings. The molecule has 7 heteroatoms. The van der Waals surface area contributed by atoms with Crippen molar-refractivity contribution in [2.45, 2.75) is 45.6 Å². The zero-order valence-corrected chi connectivity index (χ0v) is 13.1. The number of carbonyl (C=O) groups excluding carboxylic acids is 1. The molecule has 2 heterocycles. The van der Waals surface area contributed by atoms with E-state index in [1.807, 2.05) is 6.92 Å². The van der Waals surface area contributed by atoms with Gasteiger partial charge in [-0.3, -0.25) is 0 Å². The lowest BCUT2D eigenvalue weighted by Crippen LogP contribution is -2.42. The zero-order valence-electron chi connectivity index (χ0n) is 12.3. The highest BCUT2D eigenvalue weighted by Gasteiger charge is 2.24. The summed E-state index contributed by atoms with van der Waals surface area (Å²) in [4.78, 5) is 13.4. The first-order valence-corrected chi connectivity index (χ1v) is 7.93. The van der Waals surface area contributed by atoms with Gasteiger partial charge < -0.3 is 15.0 Å². The van der Waals surface area contributed by atoms with E-state index in [2.05, 4.69) is 29.4 Å². The fraction of sp³-hybridized carbons (Fsp3) is 0.769. The highest BCUT2D eigenvalue weighted by Crippen LogP contribution is 2.24. The van der Waals surface area contributed by atoms with Crippen molar-refractivity contribution in [3.8, 4) is 0 Å². The molecule has 2 rings (SSSR count). The van der Waals surface area contributed by atoms with Crippen LogP contribution in [-0.2, 0) is 4.74 Å². The third kappa shape index (κ3) is 3.82. The molecule has 112 valence electrons. The Morgan fingerprint density at radius 1 is 1.45 bits per heavy atom. The van der Waals surface area contributed by atoms with Crippen LogP contribution in [0.15, 0.2) is 0 Å². The molecular weight excluding hydrogens is 276 g/mol. The van der Waals surface area contributed by atoms with Gasteiger partial charge >= 0.3 is 6.09 Å². The average molecular weight is 298 g/mol. The van der Waals surface area contributed by atoms with Gasteiger partial charge in [0.2, 0.25) is 5.13 Å². The molecule has 0 spiro atoms. The third-order valence-corrected chi connectivity index (χ3v) is 4.44. The second kappa shape index (κ2) is 6.88. The van der Waals surface area contributed by atoms with Crippen LogP contribution in [0.25, 0.3) is 0 Å². The molecule has 1 aliphatic heterocycles. The molecule has 6 nitrogen and oxygen atoms in total. The summed E-state index contributed by atoms with van der Waals surface area (Å²) in [5.74, 6) is 0.411. The summed E-state index contributed by atoms with van der Waals surface area (Å²) in [6, 6.07) is 0.355. The first-order chi connectivity index (χ1) is 9.60. The Hall–Kier alpha value is -1.37. The number of nitrogens with zero attached hydrogens (tertiary/aromatic N) is 3. The summed E-state index contributed by atoms with van der Waals surface area (Å²) in [6.07, 6.45) is 1.62. The maximum absolute atomic E-state index is 11.6. The van der Waals surface area contributed by atoms with Crippen molar-refractivity contribution in [1.29, 1.82) is 0 Å². The van der Waals surface area contributed by atoms with E-state index in [1.165, 1.54) is 0 Å². The first-order valence-electron chi connectivity index (χ1n) is 7.11. The molecule has 0 atom stereocenters. The standard InChI is InChI=1S/C13H22N4O2S/c1-4-19-13(18)17-7-5-10(6-8-17)14-12-16-15-11(20-12)9(2)3/h9-10H,4-8H2,1-3H3,(H,14,16). The van der Waals surface area contributed by atoms with Crippen LogP contribution >= 0.6 is 11.3 Å². The maximum Gasteiger partial charge on any atom is 0.409 e. The normalized spacial score (nSPS) is 16.5. The summed E-state index contributed by atoms with van der Waals surface area (Å²) in [5, 5.41) is 13.7. The van der Waals surface area contributed by atoms with E-state index in [9.17, 15) is 4.79 Å². The maximum atomic E-state index is 11.6. The van der Waals surface area contributed by atoms with Crippen LogP contribution < -0.4 is 5.32 Å². The fourth-order valence-electron chi connectivity index (χ4n) is 2.12. The van der Waals surface area contributed by atoms with Gasteiger partial charge in [-0.15, -0.1) is 10.2 Å². The molecule has 1 saturated heterocycles. The van der Waals surface area contributed by atoms with Gasteiger partial charge in [0.1, 0.15) is 5.01 Å². The molecule has 0 saturated carbocycles. The second-order valence-electron chi connectivity index (χ2n) is 5.20. The van der Waals surface area contributed by atoms with E-state index >= 15 is 0 Å². The topological polar surface area (TPSA) is 67.3 Å². The van der Waals surface area contributed by atoms with Crippen molar-refractivity contribution in [2.24, 2.45) is 0 Å². The molecule has 1 aromatic heterocycles. The Balaban J connectivity index is 1.80. The predicted molar refractivity (Wildman–Crippen MR) is 79.2 cm³/mol. The van der Waals surface area contributed by atoms with Crippen LogP contribution in [0.5, 0.6) is 0 Å². The molecule has 0 radical (unpaired) electrons. The molecule has 1 aliphatic rings. The number of hydrogen-bond donors (Lipinski definition) is 1. The molecule has 0 unspecified atom stereocenters. The number of carbonyl (C=O) groups is 1. The monoisotopic (exact) mass is 298 g/mol. The van der Waals surface area contributed by atoms with Crippen LogP contribution in [0, 0.1) is 0 Å². The predicted octanol–water partition coefficient (Wildman–Crippen LogP) is 2.69. The minimum absolute atomic E-state index is 0.205. The van der Waals surface area contributed by atoms with E-state index in [-0.39, 0.29) is 6.09 Å². The quantitative estimate of drug-likeness (QED) is 0.925. The largest absolute Gasteiger partial charge is 0.450 e. The van der Waals surface area contributed by atoms with E-state index < -0.39 is 0 Å². The number of hydrogen-bond acceptors (Lipinski definition) is 6. The number of aromatic nitrogens is 2. The second-order valence-corrected chi connectivity index (χ2v) is 6.21. The van der Waals surface area contributed by atoms with Gasteiger partial charge in [0.15, 0.2) is 0 Å². The van der Waals surface area contributed by atoms with Gasteiger partial charge in [-0.2, -0.15) is 0 Å².